The van der Waals surface area contributed by atoms with Crippen LogP contribution in [0, 0.1) is 0 Å². The second-order valence-corrected chi connectivity index (χ2v) is 6.52. The molecule has 3 N–H and O–H groups in total. The first-order chi connectivity index (χ1) is 9.89. The maximum Gasteiger partial charge on any atom is 0.365 e. The molecular weight excluding hydrogens is 298 g/mol. The van der Waals surface area contributed by atoms with Crippen LogP contribution in [0.2, 0.25) is 0 Å². The zero-order chi connectivity index (χ0) is 15.9. The van der Waals surface area contributed by atoms with Gasteiger partial charge < -0.3 is 9.26 Å². The van der Waals surface area contributed by atoms with Crippen LogP contribution >= 0.6 is 7.52 Å². The average molecular weight is 318 g/mol. The van der Waals surface area contributed by atoms with E-state index < -0.39 is 25.6 Å². The number of benzene rings is 1. The number of hydrogen-bond acceptors (Lipinski definition) is 5. The summed E-state index contributed by atoms with van der Waals surface area (Å²) in [5.41, 5.74) is 5.10. The zero-order valence-corrected chi connectivity index (χ0v) is 12.9. The molecule has 0 saturated heterocycles. The van der Waals surface area contributed by atoms with Gasteiger partial charge in [0.1, 0.15) is 11.8 Å². The molecule has 1 aromatic carbocycles. The number of esters is 1. The normalized spacial score (nSPS) is 16.6. The number of nitrogens with one attached hydrogen (secondary N) is 1. The maximum absolute atomic E-state index is 13.5. The van der Waals surface area contributed by atoms with Crippen molar-refractivity contribution >= 4 is 13.5 Å². The van der Waals surface area contributed by atoms with Crippen LogP contribution in [-0.2, 0) is 14.1 Å². The summed E-state index contributed by atoms with van der Waals surface area (Å²) in [6.45, 7) is 3.48. The van der Waals surface area contributed by atoms with Crippen molar-refractivity contribution in [1.29, 1.82) is 0 Å². The van der Waals surface area contributed by atoms with E-state index in [2.05, 4.69) is 5.09 Å². The van der Waals surface area contributed by atoms with E-state index in [1.807, 2.05) is 6.92 Å². The van der Waals surface area contributed by atoms with Gasteiger partial charge in [-0.1, -0.05) is 25.1 Å². The van der Waals surface area contributed by atoms with Crippen LogP contribution in [0.15, 0.2) is 30.3 Å². The lowest BCUT2D eigenvalue weighted by atomic mass is 10.3. The van der Waals surface area contributed by atoms with Crippen molar-refractivity contribution in [3.8, 4) is 5.75 Å². The fraction of sp³-hybridized carbons (Fsp3) is 0.462. The molecule has 1 rings (SSSR count). The molecule has 0 amide bonds. The van der Waals surface area contributed by atoms with Gasteiger partial charge in [-0.25, -0.2) is 9.48 Å². The monoisotopic (exact) mass is 318 g/mol. The summed E-state index contributed by atoms with van der Waals surface area (Å²) < 4.78 is 35.9. The molecule has 0 saturated carbocycles. The first kappa shape index (κ1) is 17.6. The lowest BCUT2D eigenvalue weighted by Gasteiger charge is -2.24. The van der Waals surface area contributed by atoms with Gasteiger partial charge >= 0.3 is 13.5 Å². The van der Waals surface area contributed by atoms with Crippen molar-refractivity contribution in [1.82, 2.24) is 5.09 Å². The minimum absolute atomic E-state index is 0.190. The van der Waals surface area contributed by atoms with Gasteiger partial charge in [0.25, 0.3) is 0 Å². The van der Waals surface area contributed by atoms with E-state index in [0.29, 0.717) is 6.42 Å². The summed E-state index contributed by atoms with van der Waals surface area (Å²) in [6, 6.07) is 4.76. The summed E-state index contributed by atoms with van der Waals surface area (Å²) in [5.74, 6) is -0.454. The standard InChI is InChI=1S/C13H20FN2O4P/c1-3-9-19-12(17)10(2)16-21(18,13(14)15)20-11-7-5-4-6-8-11/h4-8,10,13H,3,9,15H2,1-2H3,(H,16,18)/t10-,13?,21?/m0/s1. The molecule has 0 heterocycles. The molecule has 0 fully saturated rings. The third-order valence-electron chi connectivity index (χ3n) is 2.48. The third kappa shape index (κ3) is 5.46. The molecule has 0 spiro atoms. The predicted molar refractivity (Wildman–Crippen MR) is 77.6 cm³/mol. The van der Waals surface area contributed by atoms with Crippen molar-refractivity contribution < 1.29 is 23.0 Å². The minimum Gasteiger partial charge on any atom is -0.465 e. The molecule has 0 bridgehead atoms. The van der Waals surface area contributed by atoms with E-state index in [1.54, 1.807) is 18.2 Å². The largest absolute Gasteiger partial charge is 0.465 e. The zero-order valence-electron chi connectivity index (χ0n) is 12.0. The number of rotatable bonds is 8. The van der Waals surface area contributed by atoms with Gasteiger partial charge in [-0.3, -0.25) is 15.1 Å². The minimum atomic E-state index is -4.10. The molecule has 21 heavy (non-hydrogen) atoms. The Morgan fingerprint density at radius 2 is 2.05 bits per heavy atom. The quantitative estimate of drug-likeness (QED) is 0.434. The Balaban J connectivity index is 2.77. The molecule has 3 atom stereocenters. The lowest BCUT2D eigenvalue weighted by Crippen LogP contribution is -2.38. The Labute approximate surface area is 123 Å². The van der Waals surface area contributed by atoms with E-state index in [1.165, 1.54) is 19.1 Å². The van der Waals surface area contributed by atoms with E-state index in [9.17, 15) is 13.8 Å². The third-order valence-corrected chi connectivity index (χ3v) is 4.36. The number of carbonyl (C=O) groups excluding carboxylic acids is 1. The van der Waals surface area contributed by atoms with E-state index >= 15 is 0 Å². The van der Waals surface area contributed by atoms with Crippen LogP contribution in [0.25, 0.3) is 0 Å². The van der Waals surface area contributed by atoms with Gasteiger partial charge in [-0.15, -0.1) is 0 Å². The molecular formula is C13H20FN2O4P. The average Bonchev–Trinajstić information content (AvgIpc) is 2.45. The number of halogens is 1. The Morgan fingerprint density at radius 3 is 2.57 bits per heavy atom. The fourth-order valence-corrected chi connectivity index (χ4v) is 2.81. The Bertz CT molecular complexity index is 498. The van der Waals surface area contributed by atoms with E-state index in [4.69, 9.17) is 15.0 Å². The first-order valence-electron chi connectivity index (χ1n) is 6.57. The lowest BCUT2D eigenvalue weighted by molar-refractivity contribution is -0.145. The van der Waals surface area contributed by atoms with Crippen LogP contribution in [0.3, 0.4) is 0 Å². The maximum atomic E-state index is 13.5. The van der Waals surface area contributed by atoms with Crippen molar-refractivity contribution in [3.05, 3.63) is 30.3 Å². The summed E-state index contributed by atoms with van der Waals surface area (Å²) in [5, 5.41) is 2.31. The molecule has 0 radical (unpaired) electrons. The number of hydrogen-bond donors (Lipinski definition) is 2. The van der Waals surface area contributed by atoms with Gasteiger partial charge in [0.05, 0.1) is 6.61 Å². The Morgan fingerprint density at radius 1 is 1.43 bits per heavy atom. The highest BCUT2D eigenvalue weighted by Crippen LogP contribution is 2.46. The van der Waals surface area contributed by atoms with Gasteiger partial charge in [-0.2, -0.15) is 0 Å². The van der Waals surface area contributed by atoms with Crippen molar-refractivity contribution in [2.75, 3.05) is 6.61 Å². The van der Waals surface area contributed by atoms with Crippen molar-refractivity contribution in [2.45, 2.75) is 32.3 Å². The second kappa shape index (κ2) is 8.12. The summed E-state index contributed by atoms with van der Waals surface area (Å²) in [6.07, 6.45) is 0.652. The molecule has 0 aliphatic heterocycles. The smallest absolute Gasteiger partial charge is 0.365 e. The number of alkyl halides is 1. The summed E-state index contributed by atoms with van der Waals surface area (Å²) in [7, 11) is -4.10. The van der Waals surface area contributed by atoms with Crippen LogP contribution in [-0.4, -0.2) is 24.7 Å². The van der Waals surface area contributed by atoms with Crippen LogP contribution in [0.4, 0.5) is 4.39 Å². The Hall–Kier alpha value is -1.43. The number of para-hydroxylation sites is 1. The number of carbonyl (C=O) groups is 1. The topological polar surface area (TPSA) is 90.6 Å². The van der Waals surface area contributed by atoms with Gasteiger partial charge in [0.15, 0.2) is 0 Å². The van der Waals surface area contributed by atoms with Gasteiger partial charge in [0, 0.05) is 0 Å². The molecule has 0 aliphatic rings. The summed E-state index contributed by atoms with van der Waals surface area (Å²) >= 11 is 0. The molecule has 8 heteroatoms. The van der Waals surface area contributed by atoms with Gasteiger partial charge in [0.2, 0.25) is 6.04 Å². The fourth-order valence-electron chi connectivity index (χ4n) is 1.44. The molecule has 1 aromatic rings. The highest BCUT2D eigenvalue weighted by molar-refractivity contribution is 7.57. The van der Waals surface area contributed by atoms with Gasteiger partial charge in [-0.05, 0) is 25.5 Å². The molecule has 0 aromatic heterocycles. The first-order valence-corrected chi connectivity index (χ1v) is 8.27. The van der Waals surface area contributed by atoms with E-state index in [0.717, 1.165) is 0 Å². The van der Waals surface area contributed by atoms with E-state index in [-0.39, 0.29) is 12.4 Å². The Kier molecular flexibility index (Phi) is 6.81. The van der Waals surface area contributed by atoms with Crippen LogP contribution in [0.1, 0.15) is 20.3 Å². The van der Waals surface area contributed by atoms with Crippen LogP contribution in [0.5, 0.6) is 5.75 Å². The molecule has 0 aliphatic carbocycles. The molecule has 6 nitrogen and oxygen atoms in total. The molecule has 2 unspecified atom stereocenters. The number of nitrogens with two attached hydrogens (primary N) is 1. The number of ether oxygens (including phenoxy) is 1. The highest BCUT2D eigenvalue weighted by Gasteiger charge is 2.37. The van der Waals surface area contributed by atoms with Crippen molar-refractivity contribution in [3.63, 3.8) is 0 Å². The van der Waals surface area contributed by atoms with Crippen LogP contribution < -0.4 is 15.3 Å². The summed E-state index contributed by atoms with van der Waals surface area (Å²) in [4.78, 5) is 11.6. The second-order valence-electron chi connectivity index (χ2n) is 4.39. The highest BCUT2D eigenvalue weighted by atomic mass is 31.2. The SMILES string of the molecule is CCCOC(=O)[C@H](C)NP(=O)(Oc1ccccc1)C(N)F. The predicted octanol–water partition coefficient (Wildman–Crippen LogP) is 2.40. The molecule has 118 valence electrons. The van der Waals surface area contributed by atoms with Crippen molar-refractivity contribution in [2.24, 2.45) is 5.73 Å².